The standard InChI is InChI=1S/C17H24N4O4S/c1-11(2)18-15(22)9-20(3)10-21-17(26)25-16(19-21)12-6-13(23-4)8-14(7-12)24-5/h6-8,11H,9-10H2,1-5H3,(H,18,22)/p+1. The Morgan fingerprint density at radius 2 is 1.92 bits per heavy atom. The number of ether oxygens (including phenoxy) is 2. The first-order valence-electron chi connectivity index (χ1n) is 8.24. The smallest absolute Gasteiger partial charge is 0.292 e. The van der Waals surface area contributed by atoms with Gasteiger partial charge in [-0.1, -0.05) is 0 Å². The first-order chi connectivity index (χ1) is 12.3. The number of methoxy groups -OCH3 is 2. The lowest BCUT2D eigenvalue weighted by Gasteiger charge is -2.14. The quantitative estimate of drug-likeness (QED) is 0.661. The van der Waals surface area contributed by atoms with E-state index in [0.29, 0.717) is 36.2 Å². The third-order valence-electron chi connectivity index (χ3n) is 3.54. The summed E-state index contributed by atoms with van der Waals surface area (Å²) in [5.74, 6) is 1.60. The van der Waals surface area contributed by atoms with E-state index in [0.717, 1.165) is 4.90 Å². The number of benzene rings is 1. The maximum absolute atomic E-state index is 11.9. The molecule has 0 spiro atoms. The SMILES string of the molecule is COc1cc(OC)cc(-c2nn(C[NH+](C)CC(=O)NC(C)C)c(=S)o2)c1. The molecule has 0 aliphatic carbocycles. The van der Waals surface area contributed by atoms with Crippen LogP contribution >= 0.6 is 12.2 Å². The van der Waals surface area contributed by atoms with E-state index in [4.69, 9.17) is 26.1 Å². The molecule has 0 bridgehead atoms. The van der Waals surface area contributed by atoms with E-state index in [2.05, 4.69) is 10.4 Å². The average molecular weight is 381 g/mol. The van der Waals surface area contributed by atoms with Crippen LogP contribution in [-0.4, -0.2) is 49.5 Å². The van der Waals surface area contributed by atoms with Crippen molar-refractivity contribution >= 4 is 18.1 Å². The molecule has 0 aliphatic heterocycles. The van der Waals surface area contributed by atoms with Crippen LogP contribution in [0.4, 0.5) is 0 Å². The molecule has 0 radical (unpaired) electrons. The summed E-state index contributed by atoms with van der Waals surface area (Å²) in [6, 6.07) is 5.46. The number of nitrogens with one attached hydrogen (secondary N) is 2. The number of carbonyl (C=O) groups excluding carboxylic acids is 1. The van der Waals surface area contributed by atoms with Gasteiger partial charge < -0.3 is 24.1 Å². The summed E-state index contributed by atoms with van der Waals surface area (Å²) in [6.45, 7) is 4.58. The molecular weight excluding hydrogens is 356 g/mol. The second-order valence-electron chi connectivity index (χ2n) is 6.29. The van der Waals surface area contributed by atoms with Crippen LogP contribution in [-0.2, 0) is 11.5 Å². The molecular formula is C17H25N4O4S+. The summed E-state index contributed by atoms with van der Waals surface area (Å²) in [5, 5.41) is 7.28. The van der Waals surface area contributed by atoms with Crippen molar-refractivity contribution in [2.75, 3.05) is 27.8 Å². The number of aromatic nitrogens is 2. The third-order valence-corrected chi connectivity index (χ3v) is 3.83. The summed E-state index contributed by atoms with van der Waals surface area (Å²) < 4.78 is 17.7. The molecule has 0 fully saturated rings. The summed E-state index contributed by atoms with van der Waals surface area (Å²) >= 11 is 5.25. The second kappa shape index (κ2) is 8.81. The van der Waals surface area contributed by atoms with Crippen molar-refractivity contribution in [3.8, 4) is 23.0 Å². The molecule has 1 aromatic carbocycles. The predicted octanol–water partition coefficient (Wildman–Crippen LogP) is 0.887. The monoisotopic (exact) mass is 381 g/mol. The lowest BCUT2D eigenvalue weighted by Crippen LogP contribution is -3.09. The molecule has 1 heterocycles. The minimum atomic E-state index is -0.0229. The molecule has 0 aliphatic rings. The number of quaternary nitrogens is 1. The number of hydrogen-bond donors (Lipinski definition) is 2. The molecule has 1 atom stereocenters. The van der Waals surface area contributed by atoms with E-state index in [-0.39, 0.29) is 16.8 Å². The molecule has 2 aromatic rings. The highest BCUT2D eigenvalue weighted by Gasteiger charge is 2.16. The maximum atomic E-state index is 11.9. The first kappa shape index (κ1) is 19.9. The van der Waals surface area contributed by atoms with Crippen LogP contribution in [0.2, 0.25) is 0 Å². The highest BCUT2D eigenvalue weighted by molar-refractivity contribution is 7.71. The Morgan fingerprint density at radius 1 is 1.31 bits per heavy atom. The molecule has 0 saturated carbocycles. The van der Waals surface area contributed by atoms with Crippen LogP contribution in [0.15, 0.2) is 22.6 Å². The molecule has 1 aromatic heterocycles. The van der Waals surface area contributed by atoms with Crippen LogP contribution in [0, 0.1) is 4.84 Å². The van der Waals surface area contributed by atoms with Gasteiger partial charge in [0.15, 0.2) is 13.2 Å². The Hall–Kier alpha value is -2.39. The highest BCUT2D eigenvalue weighted by Crippen LogP contribution is 2.28. The number of nitrogens with zero attached hydrogens (tertiary/aromatic N) is 2. The zero-order valence-corrected chi connectivity index (χ0v) is 16.5. The minimum absolute atomic E-state index is 0.0229. The van der Waals surface area contributed by atoms with Crippen molar-refractivity contribution in [2.24, 2.45) is 0 Å². The molecule has 2 N–H and O–H groups in total. The van der Waals surface area contributed by atoms with Crippen LogP contribution < -0.4 is 19.7 Å². The van der Waals surface area contributed by atoms with Gasteiger partial charge in [0, 0.05) is 17.7 Å². The molecule has 26 heavy (non-hydrogen) atoms. The number of rotatable bonds is 8. The molecule has 0 saturated heterocycles. The van der Waals surface area contributed by atoms with E-state index in [1.54, 1.807) is 37.1 Å². The van der Waals surface area contributed by atoms with Crippen molar-refractivity contribution in [3.05, 3.63) is 23.0 Å². The zero-order valence-electron chi connectivity index (χ0n) is 15.7. The predicted molar refractivity (Wildman–Crippen MR) is 98.9 cm³/mol. The van der Waals surface area contributed by atoms with Crippen molar-refractivity contribution in [1.29, 1.82) is 0 Å². The average Bonchev–Trinajstić information content (AvgIpc) is 2.94. The van der Waals surface area contributed by atoms with E-state index in [1.807, 2.05) is 20.9 Å². The fourth-order valence-corrected chi connectivity index (χ4v) is 2.60. The van der Waals surface area contributed by atoms with Crippen molar-refractivity contribution in [2.45, 2.75) is 26.6 Å². The van der Waals surface area contributed by atoms with Gasteiger partial charge in [0.1, 0.15) is 11.5 Å². The topological polar surface area (TPSA) is 83.0 Å². The van der Waals surface area contributed by atoms with E-state index in [9.17, 15) is 4.79 Å². The normalized spacial score (nSPS) is 12.1. The van der Waals surface area contributed by atoms with Gasteiger partial charge in [-0.25, -0.2) is 0 Å². The van der Waals surface area contributed by atoms with Crippen LogP contribution in [0.3, 0.4) is 0 Å². The van der Waals surface area contributed by atoms with Crippen LogP contribution in [0.5, 0.6) is 11.5 Å². The number of hydrogen-bond acceptors (Lipinski definition) is 6. The fourth-order valence-electron chi connectivity index (χ4n) is 2.41. The Kier molecular flexibility index (Phi) is 6.76. The van der Waals surface area contributed by atoms with Gasteiger partial charge in [0.2, 0.25) is 5.89 Å². The first-order valence-corrected chi connectivity index (χ1v) is 8.65. The molecule has 1 unspecified atom stereocenters. The van der Waals surface area contributed by atoms with Gasteiger partial charge in [-0.05, 0) is 38.2 Å². The van der Waals surface area contributed by atoms with Gasteiger partial charge in [-0.2, -0.15) is 4.68 Å². The Balaban J connectivity index is 2.16. The van der Waals surface area contributed by atoms with Crippen molar-refractivity contribution in [3.63, 3.8) is 0 Å². The lowest BCUT2D eigenvalue weighted by molar-refractivity contribution is -0.895. The van der Waals surface area contributed by atoms with E-state index < -0.39 is 0 Å². The van der Waals surface area contributed by atoms with E-state index in [1.165, 1.54) is 0 Å². The van der Waals surface area contributed by atoms with Gasteiger partial charge >= 0.3 is 0 Å². The number of carbonyl (C=O) groups is 1. The Bertz CT molecular complexity index is 793. The van der Waals surface area contributed by atoms with E-state index >= 15 is 0 Å². The second-order valence-corrected chi connectivity index (χ2v) is 6.64. The van der Waals surface area contributed by atoms with Crippen molar-refractivity contribution < 1.29 is 23.6 Å². The molecule has 142 valence electrons. The molecule has 1 amide bonds. The Labute approximate surface area is 157 Å². The molecule has 9 heteroatoms. The summed E-state index contributed by atoms with van der Waals surface area (Å²) in [4.78, 5) is 13.0. The van der Waals surface area contributed by atoms with Crippen LogP contribution in [0.1, 0.15) is 13.8 Å². The summed E-state index contributed by atoms with van der Waals surface area (Å²) in [7, 11) is 5.05. The minimum Gasteiger partial charge on any atom is -0.497 e. The number of amides is 1. The fraction of sp³-hybridized carbons (Fsp3) is 0.471. The van der Waals surface area contributed by atoms with Crippen molar-refractivity contribution in [1.82, 2.24) is 15.1 Å². The van der Waals surface area contributed by atoms with Crippen LogP contribution in [0.25, 0.3) is 11.5 Å². The van der Waals surface area contributed by atoms with Gasteiger partial charge in [-0.3, -0.25) is 4.79 Å². The largest absolute Gasteiger partial charge is 0.497 e. The lowest BCUT2D eigenvalue weighted by atomic mass is 10.2. The van der Waals surface area contributed by atoms with Gasteiger partial charge in [0.05, 0.1) is 21.3 Å². The third kappa shape index (κ3) is 5.30. The van der Waals surface area contributed by atoms with Gasteiger partial charge in [-0.15, -0.1) is 5.10 Å². The summed E-state index contributed by atoms with van der Waals surface area (Å²) in [5.41, 5.74) is 0.696. The van der Waals surface area contributed by atoms with Gasteiger partial charge in [0.25, 0.3) is 10.7 Å². The Morgan fingerprint density at radius 3 is 2.46 bits per heavy atom. The maximum Gasteiger partial charge on any atom is 0.292 e. The summed E-state index contributed by atoms with van der Waals surface area (Å²) in [6.07, 6.45) is 0. The highest BCUT2D eigenvalue weighted by atomic mass is 32.1. The number of likely N-dealkylation sites (N-methyl/N-ethyl adjacent to an activating group) is 1. The zero-order chi connectivity index (χ0) is 19.3. The molecule has 8 nitrogen and oxygen atoms in total. The molecule has 2 rings (SSSR count).